The number of hydrogen-bond donors (Lipinski definition) is 1. The Bertz CT molecular complexity index is 699. The van der Waals surface area contributed by atoms with E-state index in [1.54, 1.807) is 12.3 Å². The fourth-order valence-electron chi connectivity index (χ4n) is 2.91. The summed E-state index contributed by atoms with van der Waals surface area (Å²) < 4.78 is 41.7. The van der Waals surface area contributed by atoms with E-state index in [-0.39, 0.29) is 18.1 Å². The van der Waals surface area contributed by atoms with Gasteiger partial charge in [0.1, 0.15) is 0 Å². The molecule has 0 fully saturated rings. The summed E-state index contributed by atoms with van der Waals surface area (Å²) in [5.74, 6) is -0.341. The normalized spacial score (nSPS) is 18.3. The number of hydrogen-bond acceptors (Lipinski definition) is 3. The monoisotopic (exact) mass is 375 g/mol. The Morgan fingerprint density at radius 3 is 2.77 bits per heavy atom. The summed E-state index contributed by atoms with van der Waals surface area (Å²) in [6.07, 6.45) is 0.0841. The predicted molar refractivity (Wildman–Crippen MR) is 76.8 cm³/mol. The third-order valence-electron chi connectivity index (χ3n) is 3.81. The van der Waals surface area contributed by atoms with Crippen molar-refractivity contribution >= 4 is 15.9 Å². The Labute approximate surface area is 133 Å². The van der Waals surface area contributed by atoms with Gasteiger partial charge in [-0.05, 0) is 41.3 Å². The molecule has 0 aromatic carbocycles. The molecule has 2 aromatic heterocycles. The van der Waals surface area contributed by atoms with E-state index in [2.05, 4.69) is 26.0 Å². The van der Waals surface area contributed by atoms with Gasteiger partial charge in [0, 0.05) is 22.2 Å². The molecule has 3 rings (SSSR count). The fourth-order valence-corrected chi connectivity index (χ4v) is 3.26. The third kappa shape index (κ3) is 2.65. The van der Waals surface area contributed by atoms with Gasteiger partial charge in [-0.1, -0.05) is 0 Å². The lowest BCUT2D eigenvalue weighted by molar-refractivity contribution is -0.142. The largest absolute Gasteiger partial charge is 0.435 e. The number of aliphatic hydroxyl groups is 1. The summed E-state index contributed by atoms with van der Waals surface area (Å²) in [5.41, 5.74) is 0.223. The molecule has 1 unspecified atom stereocenters. The van der Waals surface area contributed by atoms with Crippen LogP contribution in [0.4, 0.5) is 13.2 Å². The molecule has 0 amide bonds. The van der Waals surface area contributed by atoms with Crippen LogP contribution in [0.5, 0.6) is 0 Å². The van der Waals surface area contributed by atoms with E-state index >= 15 is 0 Å². The molecule has 118 valence electrons. The Morgan fingerprint density at radius 2 is 2.14 bits per heavy atom. The molecule has 1 N–H and O–H groups in total. The standard InChI is InChI=1S/C14H13BrF3N3O/c15-9-4-10(6-19-5-9)21-12-8(7-22)2-1-3-11(12)13(20-21)14(16,17)18/h4-6,8,22H,1-3,7H2. The first-order chi connectivity index (χ1) is 10.4. The van der Waals surface area contributed by atoms with Crippen molar-refractivity contribution in [2.75, 3.05) is 6.61 Å². The second-order valence-electron chi connectivity index (χ2n) is 5.26. The topological polar surface area (TPSA) is 50.9 Å². The molecular formula is C14H13BrF3N3O. The van der Waals surface area contributed by atoms with Crippen molar-refractivity contribution in [2.45, 2.75) is 31.4 Å². The molecule has 0 aliphatic heterocycles. The zero-order valence-corrected chi connectivity index (χ0v) is 13.0. The van der Waals surface area contributed by atoms with Gasteiger partial charge in [-0.25, -0.2) is 4.68 Å². The molecule has 0 bridgehead atoms. The molecule has 0 spiro atoms. The fraction of sp³-hybridized carbons (Fsp3) is 0.429. The van der Waals surface area contributed by atoms with E-state index in [1.165, 1.54) is 10.9 Å². The van der Waals surface area contributed by atoms with Crippen molar-refractivity contribution < 1.29 is 18.3 Å². The lowest BCUT2D eigenvalue weighted by atomic mass is 9.87. The predicted octanol–water partition coefficient (Wildman–Crippen LogP) is 3.46. The van der Waals surface area contributed by atoms with Crippen LogP contribution < -0.4 is 0 Å². The van der Waals surface area contributed by atoms with E-state index < -0.39 is 11.9 Å². The molecule has 0 saturated heterocycles. The SMILES string of the molecule is OCC1CCCc2c(C(F)(F)F)nn(-c3cncc(Br)c3)c21. The average Bonchev–Trinajstić information content (AvgIpc) is 2.87. The number of alkyl halides is 3. The molecule has 8 heteroatoms. The highest BCUT2D eigenvalue weighted by molar-refractivity contribution is 9.10. The van der Waals surface area contributed by atoms with Gasteiger partial charge in [0.2, 0.25) is 0 Å². The van der Waals surface area contributed by atoms with Gasteiger partial charge in [0.15, 0.2) is 5.69 Å². The number of aliphatic hydroxyl groups excluding tert-OH is 1. The van der Waals surface area contributed by atoms with E-state index in [9.17, 15) is 18.3 Å². The highest BCUT2D eigenvalue weighted by Gasteiger charge is 2.41. The first-order valence-electron chi connectivity index (χ1n) is 6.82. The Kier molecular flexibility index (Phi) is 3.98. The van der Waals surface area contributed by atoms with Crippen LogP contribution in [0, 0.1) is 0 Å². The van der Waals surface area contributed by atoms with E-state index in [4.69, 9.17) is 0 Å². The lowest BCUT2D eigenvalue weighted by Crippen LogP contribution is -2.17. The number of aromatic nitrogens is 3. The van der Waals surface area contributed by atoms with Gasteiger partial charge in [-0.2, -0.15) is 18.3 Å². The Morgan fingerprint density at radius 1 is 1.36 bits per heavy atom. The quantitative estimate of drug-likeness (QED) is 0.874. The van der Waals surface area contributed by atoms with Gasteiger partial charge in [0.05, 0.1) is 24.2 Å². The highest BCUT2D eigenvalue weighted by atomic mass is 79.9. The van der Waals surface area contributed by atoms with Crippen molar-refractivity contribution in [3.63, 3.8) is 0 Å². The second kappa shape index (κ2) is 5.66. The van der Waals surface area contributed by atoms with E-state index in [0.29, 0.717) is 35.1 Å². The van der Waals surface area contributed by atoms with Crippen LogP contribution in [0.25, 0.3) is 5.69 Å². The van der Waals surface area contributed by atoms with Crippen LogP contribution in [0.15, 0.2) is 22.9 Å². The van der Waals surface area contributed by atoms with Gasteiger partial charge >= 0.3 is 6.18 Å². The third-order valence-corrected chi connectivity index (χ3v) is 4.25. The average molecular weight is 376 g/mol. The number of pyridine rings is 1. The van der Waals surface area contributed by atoms with E-state index in [1.807, 2.05) is 0 Å². The summed E-state index contributed by atoms with van der Waals surface area (Å²) in [6.45, 7) is -0.197. The van der Waals surface area contributed by atoms with Crippen molar-refractivity contribution in [2.24, 2.45) is 0 Å². The van der Waals surface area contributed by atoms with E-state index in [0.717, 1.165) is 0 Å². The van der Waals surface area contributed by atoms with Crippen LogP contribution in [-0.2, 0) is 12.6 Å². The van der Waals surface area contributed by atoms with Crippen LogP contribution in [0.2, 0.25) is 0 Å². The zero-order chi connectivity index (χ0) is 15.9. The molecule has 1 aliphatic rings. The maximum absolute atomic E-state index is 13.3. The van der Waals surface area contributed by atoms with Gasteiger partial charge in [0.25, 0.3) is 0 Å². The summed E-state index contributed by atoms with van der Waals surface area (Å²) in [4.78, 5) is 3.98. The van der Waals surface area contributed by atoms with Gasteiger partial charge in [-0.3, -0.25) is 4.98 Å². The molecular weight excluding hydrogens is 363 g/mol. The lowest BCUT2D eigenvalue weighted by Gasteiger charge is -2.23. The van der Waals surface area contributed by atoms with Crippen molar-refractivity contribution in [1.82, 2.24) is 14.8 Å². The van der Waals surface area contributed by atoms with Crippen LogP contribution >= 0.6 is 15.9 Å². The number of fused-ring (bicyclic) bond motifs is 1. The molecule has 0 saturated carbocycles. The van der Waals surface area contributed by atoms with Crippen molar-refractivity contribution in [1.29, 1.82) is 0 Å². The maximum atomic E-state index is 13.3. The maximum Gasteiger partial charge on any atom is 0.435 e. The summed E-state index contributed by atoms with van der Waals surface area (Å²) in [5, 5.41) is 13.3. The minimum Gasteiger partial charge on any atom is -0.396 e. The summed E-state index contributed by atoms with van der Waals surface area (Å²) in [7, 11) is 0. The van der Waals surface area contributed by atoms with Crippen molar-refractivity contribution in [3.05, 3.63) is 39.9 Å². The highest BCUT2D eigenvalue weighted by Crippen LogP contribution is 2.40. The molecule has 1 atom stereocenters. The smallest absolute Gasteiger partial charge is 0.396 e. The first-order valence-corrected chi connectivity index (χ1v) is 7.62. The van der Waals surface area contributed by atoms with Crippen LogP contribution in [0.3, 0.4) is 0 Å². The molecule has 1 aliphatic carbocycles. The molecule has 2 aromatic rings. The molecule has 22 heavy (non-hydrogen) atoms. The minimum absolute atomic E-state index is 0.192. The second-order valence-corrected chi connectivity index (χ2v) is 6.17. The Hall–Kier alpha value is -1.41. The molecule has 4 nitrogen and oxygen atoms in total. The molecule has 2 heterocycles. The number of rotatable bonds is 2. The van der Waals surface area contributed by atoms with Crippen molar-refractivity contribution in [3.8, 4) is 5.69 Å². The number of halogens is 4. The zero-order valence-electron chi connectivity index (χ0n) is 11.4. The van der Waals surface area contributed by atoms with Crippen LogP contribution in [0.1, 0.15) is 35.7 Å². The number of nitrogens with zero attached hydrogens (tertiary/aromatic N) is 3. The summed E-state index contributed by atoms with van der Waals surface area (Å²) >= 11 is 3.26. The first kappa shape index (κ1) is 15.5. The minimum atomic E-state index is -4.51. The van der Waals surface area contributed by atoms with Gasteiger partial charge in [-0.15, -0.1) is 0 Å². The molecule has 0 radical (unpaired) electrons. The van der Waals surface area contributed by atoms with Crippen LogP contribution in [-0.4, -0.2) is 26.5 Å². The summed E-state index contributed by atoms with van der Waals surface area (Å²) in [6, 6.07) is 1.66. The van der Waals surface area contributed by atoms with Gasteiger partial charge < -0.3 is 5.11 Å². The Balaban J connectivity index is 2.24.